The number of rotatable bonds is 1. The van der Waals surface area contributed by atoms with Crippen LogP contribution < -0.4 is 0 Å². The Morgan fingerprint density at radius 1 is 1.46 bits per heavy atom. The molecule has 1 rings (SSSR count). The molecule has 0 radical (unpaired) electrons. The molecule has 0 fully saturated rings. The van der Waals surface area contributed by atoms with Crippen molar-refractivity contribution < 1.29 is 21.6 Å². The average Bonchev–Trinajstić information content (AvgIpc) is 2.28. The van der Waals surface area contributed by atoms with Crippen molar-refractivity contribution in [1.29, 1.82) is 0 Å². The molecule has 1 aromatic rings. The maximum Gasteiger partial charge on any atom is 0.443 e. The molecule has 0 aliphatic heterocycles. The summed E-state index contributed by atoms with van der Waals surface area (Å²) in [5, 5.41) is -1.23. The Labute approximate surface area is 79.6 Å². The van der Waals surface area contributed by atoms with Crippen molar-refractivity contribution in [3.05, 3.63) is 11.2 Å². The van der Waals surface area contributed by atoms with E-state index in [0.717, 1.165) is 0 Å². The van der Waals surface area contributed by atoms with Crippen molar-refractivity contribution in [3.8, 4) is 0 Å². The molecule has 0 aromatic carbocycles. The van der Waals surface area contributed by atoms with E-state index in [0.29, 0.717) is 6.20 Å². The minimum Gasteiger partial charge on any atom is -0.239 e. The Morgan fingerprint density at radius 3 is 2.23 bits per heavy atom. The summed E-state index contributed by atoms with van der Waals surface area (Å²) in [6, 6.07) is 0. The van der Waals surface area contributed by atoms with Crippen molar-refractivity contribution in [2.24, 2.45) is 0 Å². The number of hydrogen-bond acceptors (Lipinski definition) is 4. The molecule has 74 valence electrons. The first-order valence-electron chi connectivity index (χ1n) is 2.69. The molecule has 1 aromatic heterocycles. The number of thiazole rings is 1. The van der Waals surface area contributed by atoms with Crippen LogP contribution in [0.3, 0.4) is 0 Å². The van der Waals surface area contributed by atoms with Crippen molar-refractivity contribution in [2.45, 2.75) is 10.4 Å². The predicted molar refractivity (Wildman–Crippen MR) is 40.2 cm³/mol. The smallest absolute Gasteiger partial charge is 0.239 e. The molecule has 0 atom stereocenters. The van der Waals surface area contributed by atoms with Gasteiger partial charge in [-0.15, -0.1) is 0 Å². The van der Waals surface area contributed by atoms with Gasteiger partial charge in [-0.25, -0.2) is 13.4 Å². The van der Waals surface area contributed by atoms with Crippen LogP contribution in [0.4, 0.5) is 13.2 Å². The first-order chi connectivity index (χ1) is 5.71. The molecule has 13 heavy (non-hydrogen) atoms. The second-order valence-corrected chi connectivity index (χ2v) is 5.74. The molecule has 0 unspecified atom stereocenters. The van der Waals surface area contributed by atoms with Gasteiger partial charge in [-0.2, -0.15) is 13.2 Å². The second-order valence-electron chi connectivity index (χ2n) is 1.92. The molecule has 0 amide bonds. The fraction of sp³-hybridized carbons (Fsp3) is 0.250. The fourth-order valence-corrected chi connectivity index (χ4v) is 2.24. The number of nitrogens with zero attached hydrogens (tertiary/aromatic N) is 1. The standard InChI is InChI=1S/C4HClF3NO2S2/c5-13(10,11)2-1-9-3(12-2)4(6,7)8/h1H. The molecule has 9 heteroatoms. The maximum atomic E-state index is 11.9. The van der Waals surface area contributed by atoms with E-state index in [2.05, 4.69) is 4.98 Å². The van der Waals surface area contributed by atoms with Crippen LogP contribution in [0.1, 0.15) is 5.01 Å². The molecule has 0 saturated carbocycles. The minimum atomic E-state index is -4.63. The van der Waals surface area contributed by atoms with E-state index in [1.807, 2.05) is 0 Å². The predicted octanol–water partition coefficient (Wildman–Crippen LogP) is 2.09. The number of aromatic nitrogens is 1. The SMILES string of the molecule is O=S(=O)(Cl)c1cnc(C(F)(F)F)s1. The topological polar surface area (TPSA) is 47.0 Å². The molecule has 0 bridgehead atoms. The van der Waals surface area contributed by atoms with Crippen LogP contribution >= 0.6 is 22.0 Å². The van der Waals surface area contributed by atoms with E-state index in [1.165, 1.54) is 0 Å². The highest BCUT2D eigenvalue weighted by Crippen LogP contribution is 2.34. The van der Waals surface area contributed by atoms with Gasteiger partial charge in [0.1, 0.15) is 0 Å². The highest BCUT2D eigenvalue weighted by molar-refractivity contribution is 8.15. The summed E-state index contributed by atoms with van der Waals surface area (Å²) in [4.78, 5) is 2.88. The summed E-state index contributed by atoms with van der Waals surface area (Å²) >= 11 is -0.00926. The van der Waals surface area contributed by atoms with Crippen molar-refractivity contribution in [3.63, 3.8) is 0 Å². The van der Waals surface area contributed by atoms with Gasteiger partial charge < -0.3 is 0 Å². The number of alkyl halides is 3. The molecular formula is C4HClF3NO2S2. The lowest BCUT2D eigenvalue weighted by Gasteiger charge is -1.98. The van der Waals surface area contributed by atoms with Crippen LogP contribution in [0.5, 0.6) is 0 Å². The first-order valence-corrected chi connectivity index (χ1v) is 5.81. The van der Waals surface area contributed by atoms with Gasteiger partial charge in [0.05, 0.1) is 6.20 Å². The Hall–Kier alpha value is -0.340. The molecule has 3 nitrogen and oxygen atoms in total. The lowest BCUT2D eigenvalue weighted by molar-refractivity contribution is -0.137. The zero-order valence-electron chi connectivity index (χ0n) is 5.67. The van der Waals surface area contributed by atoms with Crippen LogP contribution in [0, 0.1) is 0 Å². The zero-order valence-corrected chi connectivity index (χ0v) is 8.06. The van der Waals surface area contributed by atoms with Gasteiger partial charge in [0.2, 0.25) is 0 Å². The summed E-state index contributed by atoms with van der Waals surface area (Å²) in [6.07, 6.45) is -4.06. The minimum absolute atomic E-state index is 0.00926. The summed E-state index contributed by atoms with van der Waals surface area (Å²) in [6.45, 7) is 0. The molecule has 0 aliphatic carbocycles. The van der Waals surface area contributed by atoms with E-state index in [4.69, 9.17) is 10.7 Å². The molecule has 0 spiro atoms. The van der Waals surface area contributed by atoms with Crippen molar-refractivity contribution in [1.82, 2.24) is 4.98 Å². The molecule has 1 heterocycles. The van der Waals surface area contributed by atoms with Crippen LogP contribution in [-0.2, 0) is 15.2 Å². The highest BCUT2D eigenvalue weighted by atomic mass is 35.7. The van der Waals surface area contributed by atoms with Gasteiger partial charge >= 0.3 is 6.18 Å². The summed E-state index contributed by atoms with van der Waals surface area (Å²) in [7, 11) is 0.683. The Morgan fingerprint density at radius 2 is 2.00 bits per heavy atom. The van der Waals surface area contributed by atoms with Gasteiger partial charge in [-0.05, 0) is 0 Å². The quantitative estimate of drug-likeness (QED) is 0.718. The van der Waals surface area contributed by atoms with Crippen molar-refractivity contribution >= 4 is 31.1 Å². The van der Waals surface area contributed by atoms with Gasteiger partial charge in [0.15, 0.2) is 9.22 Å². The number of hydrogen-bond donors (Lipinski definition) is 0. The third-order valence-corrected chi connectivity index (χ3v) is 4.07. The normalized spacial score (nSPS) is 13.2. The largest absolute Gasteiger partial charge is 0.443 e. The molecule has 0 saturated heterocycles. The van der Waals surface area contributed by atoms with E-state index in [1.54, 1.807) is 0 Å². The number of halogens is 4. The van der Waals surface area contributed by atoms with Crippen LogP contribution in [0.15, 0.2) is 10.4 Å². The van der Waals surface area contributed by atoms with Gasteiger partial charge in [-0.1, -0.05) is 11.3 Å². The monoisotopic (exact) mass is 251 g/mol. The molecule has 0 N–H and O–H groups in total. The summed E-state index contributed by atoms with van der Waals surface area (Å²) in [5.74, 6) is 0. The Bertz CT molecular complexity index is 409. The van der Waals surface area contributed by atoms with Gasteiger partial charge in [0, 0.05) is 10.7 Å². The summed E-state index contributed by atoms with van der Waals surface area (Å²) < 4.78 is 56.2. The highest BCUT2D eigenvalue weighted by Gasteiger charge is 2.35. The Kier molecular flexibility index (Phi) is 2.56. The average molecular weight is 252 g/mol. The lowest BCUT2D eigenvalue weighted by Crippen LogP contribution is -2.02. The molecular weight excluding hydrogens is 251 g/mol. The summed E-state index contributed by atoms with van der Waals surface area (Å²) in [5.41, 5.74) is 0. The Balaban J connectivity index is 3.16. The van der Waals surface area contributed by atoms with Crippen LogP contribution in [-0.4, -0.2) is 13.4 Å². The first kappa shape index (κ1) is 10.7. The van der Waals surface area contributed by atoms with E-state index in [-0.39, 0.29) is 11.3 Å². The fourth-order valence-electron chi connectivity index (χ4n) is 0.503. The molecule has 0 aliphatic rings. The maximum absolute atomic E-state index is 11.9. The van der Waals surface area contributed by atoms with Crippen LogP contribution in [0.2, 0.25) is 0 Å². The zero-order chi connectivity index (χ0) is 10.3. The van der Waals surface area contributed by atoms with E-state index in [9.17, 15) is 21.6 Å². The van der Waals surface area contributed by atoms with E-state index < -0.39 is 24.4 Å². The van der Waals surface area contributed by atoms with Crippen LogP contribution in [0.25, 0.3) is 0 Å². The second kappa shape index (κ2) is 3.10. The third kappa shape index (κ3) is 2.55. The lowest BCUT2D eigenvalue weighted by atomic mass is 10.7. The van der Waals surface area contributed by atoms with Crippen molar-refractivity contribution in [2.75, 3.05) is 0 Å². The third-order valence-electron chi connectivity index (χ3n) is 0.967. The van der Waals surface area contributed by atoms with E-state index >= 15 is 0 Å². The van der Waals surface area contributed by atoms with Gasteiger partial charge in [0.25, 0.3) is 9.05 Å². The van der Waals surface area contributed by atoms with Gasteiger partial charge in [-0.3, -0.25) is 0 Å².